The van der Waals surface area contributed by atoms with Crippen molar-refractivity contribution < 1.29 is 14.5 Å². The summed E-state index contributed by atoms with van der Waals surface area (Å²) < 4.78 is 5.59. The van der Waals surface area contributed by atoms with Crippen molar-refractivity contribution in [2.24, 2.45) is 0 Å². The third-order valence-corrected chi connectivity index (χ3v) is 3.65. The predicted molar refractivity (Wildman–Crippen MR) is 91.7 cm³/mol. The molecule has 0 aliphatic carbocycles. The number of nitro benzene ring substituents is 1. The topological polar surface area (TPSA) is 72.7 Å². The number of likely N-dealkylation sites (N-methyl/N-ethyl adjacent to an activating group) is 1. The summed E-state index contributed by atoms with van der Waals surface area (Å²) in [4.78, 5) is 24.3. The van der Waals surface area contributed by atoms with Crippen molar-refractivity contribution in [1.29, 1.82) is 0 Å². The Bertz CT molecular complexity index is 764. The highest BCUT2D eigenvalue weighted by atomic mass is 35.5. The summed E-state index contributed by atoms with van der Waals surface area (Å²) in [5, 5.41) is 11.3. The van der Waals surface area contributed by atoms with Gasteiger partial charge in [-0.25, -0.2) is 0 Å². The minimum atomic E-state index is -0.597. The first-order valence-corrected chi connectivity index (χ1v) is 7.65. The molecule has 24 heavy (non-hydrogen) atoms. The van der Waals surface area contributed by atoms with Crippen LogP contribution < -0.4 is 4.74 Å². The molecule has 2 aromatic carbocycles. The molecule has 0 aromatic heterocycles. The molecule has 126 valence electrons. The number of carbonyl (C=O) groups is 1. The van der Waals surface area contributed by atoms with Crippen molar-refractivity contribution in [3.8, 4) is 5.75 Å². The fourth-order valence-electron chi connectivity index (χ4n) is 2.15. The molecule has 0 aliphatic rings. The number of ether oxygens (including phenoxy) is 1. The van der Waals surface area contributed by atoms with Gasteiger partial charge in [0, 0.05) is 18.1 Å². The maximum Gasteiger partial charge on any atom is 0.282 e. The fourth-order valence-corrected chi connectivity index (χ4v) is 2.32. The highest BCUT2D eigenvalue weighted by molar-refractivity contribution is 6.31. The highest BCUT2D eigenvalue weighted by Gasteiger charge is 2.23. The lowest BCUT2D eigenvalue weighted by atomic mass is 10.1. The van der Waals surface area contributed by atoms with Gasteiger partial charge in [-0.1, -0.05) is 23.7 Å². The minimum Gasteiger partial charge on any atom is -0.492 e. The normalized spacial score (nSPS) is 10.3. The van der Waals surface area contributed by atoms with Crippen LogP contribution in [0, 0.1) is 17.0 Å². The fraction of sp³-hybridized carbons (Fsp3) is 0.235. The average molecular weight is 349 g/mol. The summed E-state index contributed by atoms with van der Waals surface area (Å²) in [7, 11) is 1.56. The van der Waals surface area contributed by atoms with E-state index in [-0.39, 0.29) is 29.4 Å². The summed E-state index contributed by atoms with van der Waals surface area (Å²) in [5.41, 5.74) is 0.771. The van der Waals surface area contributed by atoms with Crippen molar-refractivity contribution in [3.05, 3.63) is 68.7 Å². The quantitative estimate of drug-likeness (QED) is 0.589. The van der Waals surface area contributed by atoms with Gasteiger partial charge in [0.05, 0.1) is 11.5 Å². The molecule has 0 fully saturated rings. The smallest absolute Gasteiger partial charge is 0.282 e. The third kappa shape index (κ3) is 4.45. The number of halogens is 1. The number of hydrogen-bond acceptors (Lipinski definition) is 4. The molecule has 0 unspecified atom stereocenters. The second kappa shape index (κ2) is 7.79. The Balaban J connectivity index is 2.02. The molecule has 0 bridgehead atoms. The van der Waals surface area contributed by atoms with E-state index in [2.05, 4.69) is 0 Å². The van der Waals surface area contributed by atoms with Gasteiger partial charge in [0.25, 0.3) is 11.6 Å². The van der Waals surface area contributed by atoms with E-state index in [1.807, 2.05) is 31.2 Å². The van der Waals surface area contributed by atoms with Crippen LogP contribution in [0.4, 0.5) is 5.69 Å². The molecule has 0 heterocycles. The van der Waals surface area contributed by atoms with Gasteiger partial charge in [-0.2, -0.15) is 0 Å². The number of hydrogen-bond donors (Lipinski definition) is 0. The molecule has 7 heteroatoms. The van der Waals surface area contributed by atoms with Gasteiger partial charge >= 0.3 is 0 Å². The van der Waals surface area contributed by atoms with Crippen LogP contribution >= 0.6 is 11.6 Å². The Morgan fingerprint density at radius 3 is 2.71 bits per heavy atom. The number of carbonyl (C=O) groups excluding carboxylic acids is 1. The van der Waals surface area contributed by atoms with E-state index in [4.69, 9.17) is 16.3 Å². The molecule has 2 aromatic rings. The van der Waals surface area contributed by atoms with Crippen LogP contribution in [0.15, 0.2) is 42.5 Å². The van der Waals surface area contributed by atoms with E-state index in [9.17, 15) is 14.9 Å². The van der Waals surface area contributed by atoms with Crippen molar-refractivity contribution in [2.45, 2.75) is 6.92 Å². The standard InChI is InChI=1S/C17H17ClN2O4/c1-12-4-3-5-14(10-12)24-9-8-19(2)17(21)15-11-13(18)6-7-16(15)20(22)23/h3-7,10-11H,8-9H2,1-2H3. The van der Waals surface area contributed by atoms with Crippen LogP contribution in [0.3, 0.4) is 0 Å². The second-order valence-electron chi connectivity index (χ2n) is 5.31. The molecule has 0 N–H and O–H groups in total. The largest absolute Gasteiger partial charge is 0.492 e. The van der Waals surface area contributed by atoms with Gasteiger partial charge in [0.1, 0.15) is 17.9 Å². The molecule has 0 spiro atoms. The summed E-state index contributed by atoms with van der Waals surface area (Å²) in [6.45, 7) is 2.53. The monoisotopic (exact) mass is 348 g/mol. The number of amides is 1. The maximum atomic E-state index is 12.4. The maximum absolute atomic E-state index is 12.4. The number of rotatable bonds is 6. The molecule has 0 aliphatic heterocycles. The number of aryl methyl sites for hydroxylation is 1. The summed E-state index contributed by atoms with van der Waals surface area (Å²) in [6.07, 6.45) is 0. The van der Waals surface area contributed by atoms with Crippen molar-refractivity contribution >= 4 is 23.2 Å². The van der Waals surface area contributed by atoms with E-state index >= 15 is 0 Å². The summed E-state index contributed by atoms with van der Waals surface area (Å²) in [5.74, 6) is 0.238. The van der Waals surface area contributed by atoms with Crippen LogP contribution in [-0.2, 0) is 0 Å². The first kappa shape index (κ1) is 17.7. The van der Waals surface area contributed by atoms with E-state index in [1.54, 1.807) is 7.05 Å². The molecule has 0 radical (unpaired) electrons. The van der Waals surface area contributed by atoms with Crippen molar-refractivity contribution in [2.75, 3.05) is 20.2 Å². The van der Waals surface area contributed by atoms with Gasteiger partial charge in [-0.3, -0.25) is 14.9 Å². The van der Waals surface area contributed by atoms with Crippen LogP contribution in [-0.4, -0.2) is 35.9 Å². The molecule has 6 nitrogen and oxygen atoms in total. The van der Waals surface area contributed by atoms with Crippen LogP contribution in [0.1, 0.15) is 15.9 Å². The molecule has 0 saturated heterocycles. The lowest BCUT2D eigenvalue weighted by Gasteiger charge is -2.17. The van der Waals surface area contributed by atoms with Gasteiger partial charge in [0.2, 0.25) is 0 Å². The lowest BCUT2D eigenvalue weighted by Crippen LogP contribution is -2.31. The SMILES string of the molecule is Cc1cccc(OCCN(C)C(=O)c2cc(Cl)ccc2[N+](=O)[O-])c1. The molecule has 1 amide bonds. The van der Waals surface area contributed by atoms with E-state index in [0.717, 1.165) is 5.56 Å². The van der Waals surface area contributed by atoms with Crippen LogP contribution in [0.2, 0.25) is 5.02 Å². The van der Waals surface area contributed by atoms with Gasteiger partial charge in [-0.15, -0.1) is 0 Å². The van der Waals surface area contributed by atoms with Gasteiger partial charge < -0.3 is 9.64 Å². The van der Waals surface area contributed by atoms with Gasteiger partial charge in [-0.05, 0) is 36.8 Å². The number of benzene rings is 2. The third-order valence-electron chi connectivity index (χ3n) is 3.42. The van der Waals surface area contributed by atoms with Crippen molar-refractivity contribution in [1.82, 2.24) is 4.90 Å². The zero-order valence-corrected chi connectivity index (χ0v) is 14.1. The van der Waals surface area contributed by atoms with E-state index in [1.165, 1.54) is 23.1 Å². The average Bonchev–Trinajstić information content (AvgIpc) is 2.53. The zero-order chi connectivity index (χ0) is 17.7. The molecule has 0 saturated carbocycles. The van der Waals surface area contributed by atoms with E-state index in [0.29, 0.717) is 5.75 Å². The Morgan fingerprint density at radius 2 is 2.04 bits per heavy atom. The molecular weight excluding hydrogens is 332 g/mol. The first-order chi connectivity index (χ1) is 11.4. The summed E-state index contributed by atoms with van der Waals surface area (Å²) >= 11 is 5.85. The lowest BCUT2D eigenvalue weighted by molar-refractivity contribution is -0.385. The predicted octanol–water partition coefficient (Wildman–Crippen LogP) is 3.71. The Morgan fingerprint density at radius 1 is 1.29 bits per heavy atom. The van der Waals surface area contributed by atoms with Crippen LogP contribution in [0.25, 0.3) is 0 Å². The van der Waals surface area contributed by atoms with Crippen LogP contribution in [0.5, 0.6) is 5.75 Å². The molecular formula is C17H17ClN2O4. The Kier molecular flexibility index (Phi) is 5.76. The molecule has 0 atom stereocenters. The van der Waals surface area contributed by atoms with E-state index < -0.39 is 10.8 Å². The molecule has 2 rings (SSSR count). The Hall–Kier alpha value is -2.60. The first-order valence-electron chi connectivity index (χ1n) is 7.27. The minimum absolute atomic E-state index is 0.0365. The zero-order valence-electron chi connectivity index (χ0n) is 13.4. The van der Waals surface area contributed by atoms with Gasteiger partial charge in [0.15, 0.2) is 0 Å². The van der Waals surface area contributed by atoms with Crippen molar-refractivity contribution in [3.63, 3.8) is 0 Å². The summed E-state index contributed by atoms with van der Waals surface area (Å²) in [6, 6.07) is 11.5. The highest BCUT2D eigenvalue weighted by Crippen LogP contribution is 2.23. The number of nitrogens with zero attached hydrogens (tertiary/aromatic N) is 2. The number of nitro groups is 1. The second-order valence-corrected chi connectivity index (χ2v) is 5.75. The Labute approximate surface area is 144 Å².